The van der Waals surface area contributed by atoms with Crippen molar-refractivity contribution < 1.29 is 8.78 Å². The number of pyridine rings is 1. The van der Waals surface area contributed by atoms with E-state index < -0.39 is 11.6 Å². The lowest BCUT2D eigenvalue weighted by Gasteiger charge is -2.16. The van der Waals surface area contributed by atoms with Crippen LogP contribution in [0.25, 0.3) is 11.0 Å². The van der Waals surface area contributed by atoms with E-state index in [1.807, 2.05) is 13.0 Å². The average molecular weight is 274 g/mol. The molecule has 0 spiro atoms. The maximum atomic E-state index is 14.0. The third-order valence-corrected chi connectivity index (χ3v) is 3.32. The van der Waals surface area contributed by atoms with Crippen molar-refractivity contribution in [2.75, 3.05) is 5.73 Å². The lowest BCUT2D eigenvalue weighted by atomic mass is 10.1. The van der Waals surface area contributed by atoms with Crippen LogP contribution in [-0.4, -0.2) is 14.5 Å². The summed E-state index contributed by atoms with van der Waals surface area (Å²) >= 11 is 0. The van der Waals surface area contributed by atoms with Gasteiger partial charge in [0.2, 0.25) is 5.95 Å². The highest BCUT2D eigenvalue weighted by Crippen LogP contribution is 2.29. The van der Waals surface area contributed by atoms with Crippen LogP contribution < -0.4 is 5.73 Å². The molecule has 0 radical (unpaired) electrons. The summed E-state index contributed by atoms with van der Waals surface area (Å²) in [5.74, 6) is -1.72. The first-order valence-electron chi connectivity index (χ1n) is 6.11. The average Bonchev–Trinajstić information content (AvgIpc) is 2.80. The third-order valence-electron chi connectivity index (χ3n) is 3.32. The summed E-state index contributed by atoms with van der Waals surface area (Å²) in [4.78, 5) is 8.10. The van der Waals surface area contributed by atoms with Gasteiger partial charge in [-0.25, -0.2) is 13.8 Å². The van der Waals surface area contributed by atoms with E-state index in [9.17, 15) is 8.78 Å². The molecule has 0 aliphatic rings. The summed E-state index contributed by atoms with van der Waals surface area (Å²) in [6.45, 7) is 1.83. The number of benzene rings is 1. The number of fused-ring (bicyclic) bond motifs is 1. The zero-order valence-electron chi connectivity index (χ0n) is 10.7. The number of aromatic nitrogens is 3. The topological polar surface area (TPSA) is 56.7 Å². The van der Waals surface area contributed by atoms with E-state index in [0.717, 1.165) is 11.6 Å². The second-order valence-electron chi connectivity index (χ2n) is 4.53. The molecular weight excluding hydrogens is 262 g/mol. The number of nitrogens with zero attached hydrogens (tertiary/aromatic N) is 3. The molecule has 2 heterocycles. The number of anilines is 1. The molecule has 0 amide bonds. The van der Waals surface area contributed by atoms with Crippen molar-refractivity contribution in [3.05, 3.63) is 53.9 Å². The number of nitrogens with two attached hydrogens (primary N) is 1. The second kappa shape index (κ2) is 4.56. The molecule has 0 aliphatic heterocycles. The first kappa shape index (κ1) is 12.5. The summed E-state index contributed by atoms with van der Waals surface area (Å²) in [7, 11) is 0. The van der Waals surface area contributed by atoms with Gasteiger partial charge in [0.15, 0.2) is 11.6 Å². The summed E-state index contributed by atoms with van der Waals surface area (Å²) in [6.07, 6.45) is 3.30. The molecular formula is C14H12F2N4. The zero-order valence-corrected chi connectivity index (χ0v) is 10.7. The highest BCUT2D eigenvalue weighted by Gasteiger charge is 2.20. The summed E-state index contributed by atoms with van der Waals surface area (Å²) in [5.41, 5.74) is 7.09. The number of nitrogen functional groups attached to an aromatic ring is 1. The van der Waals surface area contributed by atoms with Crippen molar-refractivity contribution >= 4 is 17.0 Å². The molecule has 102 valence electrons. The van der Waals surface area contributed by atoms with E-state index in [1.165, 1.54) is 10.6 Å². The molecule has 3 aromatic rings. The predicted octanol–water partition coefficient (Wildman–Crippen LogP) is 2.90. The van der Waals surface area contributed by atoms with Crippen LogP contribution in [0.5, 0.6) is 0 Å². The maximum Gasteiger partial charge on any atom is 0.201 e. The van der Waals surface area contributed by atoms with E-state index in [4.69, 9.17) is 5.73 Å². The molecule has 0 saturated carbocycles. The molecule has 6 heteroatoms. The van der Waals surface area contributed by atoms with E-state index in [-0.39, 0.29) is 17.5 Å². The van der Waals surface area contributed by atoms with Gasteiger partial charge in [-0.05, 0) is 30.7 Å². The highest BCUT2D eigenvalue weighted by molar-refractivity contribution is 5.79. The molecule has 20 heavy (non-hydrogen) atoms. The van der Waals surface area contributed by atoms with E-state index >= 15 is 0 Å². The fourth-order valence-corrected chi connectivity index (χ4v) is 2.31. The summed E-state index contributed by atoms with van der Waals surface area (Å²) in [5, 5.41) is 0. The monoisotopic (exact) mass is 274 g/mol. The van der Waals surface area contributed by atoms with Gasteiger partial charge in [-0.15, -0.1) is 0 Å². The fraction of sp³-hybridized carbons (Fsp3) is 0.143. The standard InChI is InChI=1S/C14H12F2N4/c1-8(9-3-2-6-18-7-9)20-13-11(19-14(20)17)5-4-10(15)12(13)16/h2-8H,1H3,(H2,17,19). The number of halogens is 2. The summed E-state index contributed by atoms with van der Waals surface area (Å²) in [6, 6.07) is 5.78. The Labute approximate surface area is 113 Å². The Bertz CT molecular complexity index is 768. The molecule has 1 aromatic carbocycles. The molecule has 2 N–H and O–H groups in total. The van der Waals surface area contributed by atoms with Crippen molar-refractivity contribution in [2.24, 2.45) is 0 Å². The Hall–Kier alpha value is -2.50. The predicted molar refractivity (Wildman–Crippen MR) is 72.1 cm³/mol. The smallest absolute Gasteiger partial charge is 0.201 e. The number of hydrogen-bond donors (Lipinski definition) is 1. The molecule has 0 fully saturated rings. The van der Waals surface area contributed by atoms with Gasteiger partial charge in [0.25, 0.3) is 0 Å². The van der Waals surface area contributed by atoms with Crippen LogP contribution in [0.2, 0.25) is 0 Å². The zero-order chi connectivity index (χ0) is 14.3. The van der Waals surface area contributed by atoms with Gasteiger partial charge in [-0.1, -0.05) is 6.07 Å². The Morgan fingerprint density at radius 1 is 1.25 bits per heavy atom. The van der Waals surface area contributed by atoms with Crippen LogP contribution in [0.1, 0.15) is 18.5 Å². The van der Waals surface area contributed by atoms with Gasteiger partial charge in [0.1, 0.15) is 5.52 Å². The molecule has 0 saturated heterocycles. The van der Waals surface area contributed by atoms with Crippen molar-refractivity contribution in [1.82, 2.24) is 14.5 Å². The molecule has 1 unspecified atom stereocenters. The van der Waals surface area contributed by atoms with Crippen molar-refractivity contribution in [1.29, 1.82) is 0 Å². The number of hydrogen-bond acceptors (Lipinski definition) is 3. The normalized spacial score (nSPS) is 12.8. The Kier molecular flexibility index (Phi) is 2.85. The lowest BCUT2D eigenvalue weighted by molar-refractivity contribution is 0.509. The highest BCUT2D eigenvalue weighted by atomic mass is 19.2. The number of rotatable bonds is 2. The molecule has 2 aromatic heterocycles. The van der Waals surface area contributed by atoms with Crippen molar-refractivity contribution in [2.45, 2.75) is 13.0 Å². The first-order valence-corrected chi connectivity index (χ1v) is 6.11. The number of imidazole rings is 1. The summed E-state index contributed by atoms with van der Waals surface area (Å²) < 4.78 is 29.0. The van der Waals surface area contributed by atoms with E-state index in [1.54, 1.807) is 18.5 Å². The van der Waals surface area contributed by atoms with E-state index in [2.05, 4.69) is 9.97 Å². The van der Waals surface area contributed by atoms with Gasteiger partial charge in [0, 0.05) is 12.4 Å². The second-order valence-corrected chi connectivity index (χ2v) is 4.53. The maximum absolute atomic E-state index is 14.0. The minimum Gasteiger partial charge on any atom is -0.369 e. The van der Waals surface area contributed by atoms with Crippen LogP contribution in [0, 0.1) is 11.6 Å². The minimum absolute atomic E-state index is 0.0684. The Balaban J connectivity index is 2.26. The largest absolute Gasteiger partial charge is 0.369 e. The molecule has 3 rings (SSSR count). The SMILES string of the molecule is CC(c1cccnc1)n1c(N)nc2ccc(F)c(F)c21. The van der Waals surface area contributed by atoms with Gasteiger partial charge < -0.3 is 10.3 Å². The van der Waals surface area contributed by atoms with Gasteiger partial charge >= 0.3 is 0 Å². The van der Waals surface area contributed by atoms with Gasteiger partial charge in [-0.2, -0.15) is 0 Å². The van der Waals surface area contributed by atoms with Crippen molar-refractivity contribution in [3.8, 4) is 0 Å². The lowest BCUT2D eigenvalue weighted by Crippen LogP contribution is -2.11. The Morgan fingerprint density at radius 2 is 2.05 bits per heavy atom. The van der Waals surface area contributed by atoms with E-state index in [0.29, 0.717) is 5.52 Å². The molecule has 0 bridgehead atoms. The van der Waals surface area contributed by atoms with Gasteiger partial charge in [-0.3, -0.25) is 4.98 Å². The van der Waals surface area contributed by atoms with Crippen LogP contribution in [-0.2, 0) is 0 Å². The van der Waals surface area contributed by atoms with Crippen LogP contribution in [0.4, 0.5) is 14.7 Å². The van der Waals surface area contributed by atoms with Crippen LogP contribution >= 0.6 is 0 Å². The van der Waals surface area contributed by atoms with Crippen molar-refractivity contribution in [3.63, 3.8) is 0 Å². The fourth-order valence-electron chi connectivity index (χ4n) is 2.31. The Morgan fingerprint density at radius 3 is 2.75 bits per heavy atom. The molecule has 1 atom stereocenters. The third kappa shape index (κ3) is 1.80. The minimum atomic E-state index is -0.942. The first-order chi connectivity index (χ1) is 9.59. The molecule has 4 nitrogen and oxygen atoms in total. The van der Waals surface area contributed by atoms with Crippen LogP contribution in [0.3, 0.4) is 0 Å². The molecule has 0 aliphatic carbocycles. The van der Waals surface area contributed by atoms with Gasteiger partial charge in [0.05, 0.1) is 11.6 Å². The van der Waals surface area contributed by atoms with Crippen LogP contribution in [0.15, 0.2) is 36.7 Å². The quantitative estimate of drug-likeness (QED) is 0.781.